The largest absolute Gasteiger partial charge is 0.497 e. The zero-order chi connectivity index (χ0) is 26.3. The summed E-state index contributed by atoms with van der Waals surface area (Å²) in [6, 6.07) is 6.52. The summed E-state index contributed by atoms with van der Waals surface area (Å²) in [5, 5.41) is 29.2. The van der Waals surface area contributed by atoms with Gasteiger partial charge >= 0.3 is 5.97 Å². The SMILES string of the molecule is COc1ccc(C(=O)O[C@@H]2CC(O)O[C@H](CC(=O)C[C@@H]3C[C@@H](C[C@@H](O)CCO)OC(C)(C)O3)C2)cc1. The zero-order valence-corrected chi connectivity index (χ0v) is 21.1. The van der Waals surface area contributed by atoms with Crippen LogP contribution >= 0.6 is 0 Å². The molecule has 2 saturated heterocycles. The first-order valence-corrected chi connectivity index (χ1v) is 12.4. The van der Waals surface area contributed by atoms with Gasteiger partial charge < -0.3 is 39.0 Å². The average molecular weight is 511 g/mol. The quantitative estimate of drug-likeness (QED) is 0.379. The highest BCUT2D eigenvalue weighted by atomic mass is 16.7. The van der Waals surface area contributed by atoms with Gasteiger partial charge in [-0.15, -0.1) is 0 Å². The number of ketones is 1. The van der Waals surface area contributed by atoms with Crippen molar-refractivity contribution in [2.24, 2.45) is 0 Å². The monoisotopic (exact) mass is 510 g/mol. The Bertz CT molecular complexity index is 855. The first-order valence-electron chi connectivity index (χ1n) is 12.4. The van der Waals surface area contributed by atoms with Gasteiger partial charge in [-0.3, -0.25) is 4.79 Å². The topological polar surface area (TPSA) is 141 Å². The lowest BCUT2D eigenvalue weighted by Crippen LogP contribution is -2.46. The highest BCUT2D eigenvalue weighted by molar-refractivity contribution is 5.89. The Morgan fingerprint density at radius 1 is 1.06 bits per heavy atom. The number of aliphatic hydroxyl groups excluding tert-OH is 3. The van der Waals surface area contributed by atoms with Crippen molar-refractivity contribution in [2.75, 3.05) is 13.7 Å². The number of benzene rings is 1. The molecule has 10 nitrogen and oxygen atoms in total. The Labute approximate surface area is 211 Å². The van der Waals surface area contributed by atoms with Crippen LogP contribution in [0.2, 0.25) is 0 Å². The van der Waals surface area contributed by atoms with E-state index in [4.69, 9.17) is 28.8 Å². The molecule has 0 bridgehead atoms. The Morgan fingerprint density at radius 2 is 1.72 bits per heavy atom. The van der Waals surface area contributed by atoms with E-state index in [0.29, 0.717) is 30.6 Å². The zero-order valence-electron chi connectivity index (χ0n) is 21.1. The Morgan fingerprint density at radius 3 is 2.39 bits per heavy atom. The number of aliphatic hydroxyl groups is 3. The van der Waals surface area contributed by atoms with Crippen LogP contribution in [0.4, 0.5) is 0 Å². The van der Waals surface area contributed by atoms with Gasteiger partial charge in [-0.2, -0.15) is 0 Å². The van der Waals surface area contributed by atoms with Crippen molar-refractivity contribution in [1.29, 1.82) is 0 Å². The van der Waals surface area contributed by atoms with E-state index < -0.39 is 42.5 Å². The molecule has 202 valence electrons. The molecule has 3 rings (SSSR count). The molecule has 1 aromatic rings. The second kappa shape index (κ2) is 12.9. The molecule has 2 aliphatic heterocycles. The van der Waals surface area contributed by atoms with Gasteiger partial charge in [0, 0.05) is 38.7 Å². The number of esters is 1. The number of methoxy groups -OCH3 is 1. The summed E-state index contributed by atoms with van der Waals surface area (Å²) in [5.41, 5.74) is 0.363. The molecule has 6 atom stereocenters. The van der Waals surface area contributed by atoms with Crippen molar-refractivity contribution in [3.05, 3.63) is 29.8 Å². The number of ether oxygens (including phenoxy) is 5. The van der Waals surface area contributed by atoms with E-state index in [1.807, 2.05) is 0 Å². The maximum atomic E-state index is 12.9. The fourth-order valence-corrected chi connectivity index (χ4v) is 4.77. The Balaban J connectivity index is 1.51. The number of hydrogen-bond acceptors (Lipinski definition) is 10. The van der Waals surface area contributed by atoms with E-state index in [0.717, 1.165) is 0 Å². The van der Waals surface area contributed by atoms with Crippen molar-refractivity contribution in [1.82, 2.24) is 0 Å². The van der Waals surface area contributed by atoms with Crippen LogP contribution in [0.3, 0.4) is 0 Å². The van der Waals surface area contributed by atoms with Gasteiger partial charge in [0.05, 0.1) is 37.1 Å². The van der Waals surface area contributed by atoms with E-state index >= 15 is 0 Å². The van der Waals surface area contributed by atoms with E-state index in [1.165, 1.54) is 7.11 Å². The highest BCUT2D eigenvalue weighted by Gasteiger charge is 2.38. The predicted octanol–water partition coefficient (Wildman–Crippen LogP) is 2.11. The Kier molecular flexibility index (Phi) is 10.2. The lowest BCUT2D eigenvalue weighted by molar-refractivity contribution is -0.302. The van der Waals surface area contributed by atoms with E-state index in [2.05, 4.69) is 0 Å². The van der Waals surface area contributed by atoms with Gasteiger partial charge in [0.15, 0.2) is 12.1 Å². The average Bonchev–Trinajstić information content (AvgIpc) is 2.77. The molecule has 0 saturated carbocycles. The fraction of sp³-hybridized carbons (Fsp3) is 0.692. The molecule has 2 heterocycles. The number of rotatable bonds is 11. The van der Waals surface area contributed by atoms with Gasteiger partial charge in [0.2, 0.25) is 0 Å². The first kappa shape index (κ1) is 28.5. The molecular formula is C26H38O10. The van der Waals surface area contributed by atoms with Gasteiger partial charge in [-0.05, 0) is 51.0 Å². The lowest BCUT2D eigenvalue weighted by atomic mass is 9.95. The van der Waals surface area contributed by atoms with Crippen LogP contribution in [-0.4, -0.2) is 83.4 Å². The lowest BCUT2D eigenvalue weighted by Gasteiger charge is -2.41. The van der Waals surface area contributed by atoms with Crippen LogP contribution in [-0.2, 0) is 23.7 Å². The number of hydrogen-bond donors (Lipinski definition) is 3. The summed E-state index contributed by atoms with van der Waals surface area (Å²) in [4.78, 5) is 25.4. The smallest absolute Gasteiger partial charge is 0.338 e. The minimum absolute atomic E-state index is 0.0482. The van der Waals surface area contributed by atoms with Crippen LogP contribution < -0.4 is 4.74 Å². The number of carbonyl (C=O) groups excluding carboxylic acids is 2. The molecule has 36 heavy (non-hydrogen) atoms. The van der Waals surface area contributed by atoms with Crippen molar-refractivity contribution in [3.63, 3.8) is 0 Å². The molecule has 0 aromatic heterocycles. The van der Waals surface area contributed by atoms with Crippen LogP contribution in [0.15, 0.2) is 24.3 Å². The van der Waals surface area contributed by atoms with Gasteiger partial charge in [0.25, 0.3) is 0 Å². The summed E-state index contributed by atoms with van der Waals surface area (Å²) in [6.45, 7) is 3.41. The third-order valence-electron chi connectivity index (χ3n) is 6.27. The van der Waals surface area contributed by atoms with Crippen molar-refractivity contribution < 1.29 is 48.6 Å². The molecule has 2 fully saturated rings. The van der Waals surface area contributed by atoms with Crippen LogP contribution in [0.1, 0.15) is 69.2 Å². The third-order valence-corrected chi connectivity index (χ3v) is 6.27. The maximum absolute atomic E-state index is 12.9. The van der Waals surface area contributed by atoms with Gasteiger partial charge in [-0.1, -0.05) is 0 Å². The van der Waals surface area contributed by atoms with Crippen molar-refractivity contribution in [2.45, 2.75) is 101 Å². The molecule has 2 aliphatic rings. The van der Waals surface area contributed by atoms with Crippen LogP contribution in [0.5, 0.6) is 5.75 Å². The van der Waals surface area contributed by atoms with Crippen molar-refractivity contribution >= 4 is 11.8 Å². The molecule has 0 spiro atoms. The van der Waals surface area contributed by atoms with Crippen LogP contribution in [0, 0.1) is 0 Å². The highest BCUT2D eigenvalue weighted by Crippen LogP contribution is 2.32. The first-order chi connectivity index (χ1) is 17.1. The summed E-state index contributed by atoms with van der Waals surface area (Å²) in [7, 11) is 1.54. The minimum Gasteiger partial charge on any atom is -0.497 e. The molecule has 0 radical (unpaired) electrons. The summed E-state index contributed by atoms with van der Waals surface area (Å²) >= 11 is 0. The Hall–Kier alpha value is -2.08. The molecule has 0 aliphatic carbocycles. The summed E-state index contributed by atoms with van der Waals surface area (Å²) in [6.07, 6.45) is -2.07. The molecular weight excluding hydrogens is 472 g/mol. The predicted molar refractivity (Wildman–Crippen MR) is 127 cm³/mol. The van der Waals surface area contributed by atoms with Crippen LogP contribution in [0.25, 0.3) is 0 Å². The number of Topliss-reactive ketones (excluding diaryl/α,β-unsaturated/α-hetero) is 1. The standard InChI is InChI=1S/C26H38O10/c1-26(2)35-22(10-17(28)8-9-27)14-23(36-26)12-18(29)11-20-13-21(15-24(30)33-20)34-25(31)16-4-6-19(32-3)7-5-16/h4-7,17,20-24,27-28,30H,8-15H2,1-3H3/t17-,20+,21-,22+,23+,24?/m0/s1. The second-order valence-corrected chi connectivity index (χ2v) is 9.90. The third kappa shape index (κ3) is 8.79. The molecule has 3 N–H and O–H groups in total. The molecule has 1 unspecified atom stereocenters. The minimum atomic E-state index is -1.14. The van der Waals surface area contributed by atoms with Crippen molar-refractivity contribution in [3.8, 4) is 5.75 Å². The normalized spacial score (nSPS) is 28.8. The molecule has 10 heteroatoms. The van der Waals surface area contributed by atoms with E-state index in [1.54, 1.807) is 38.1 Å². The van der Waals surface area contributed by atoms with E-state index in [9.17, 15) is 19.8 Å². The number of carbonyl (C=O) groups is 2. The maximum Gasteiger partial charge on any atom is 0.338 e. The van der Waals surface area contributed by atoms with Gasteiger partial charge in [-0.25, -0.2) is 4.79 Å². The fourth-order valence-electron chi connectivity index (χ4n) is 4.77. The van der Waals surface area contributed by atoms with Gasteiger partial charge in [0.1, 0.15) is 17.6 Å². The van der Waals surface area contributed by atoms with E-state index in [-0.39, 0.29) is 44.2 Å². The summed E-state index contributed by atoms with van der Waals surface area (Å²) in [5.74, 6) is -0.914. The molecule has 0 amide bonds. The molecule has 1 aromatic carbocycles. The second-order valence-electron chi connectivity index (χ2n) is 9.90. The summed E-state index contributed by atoms with van der Waals surface area (Å²) < 4.78 is 28.0.